The van der Waals surface area contributed by atoms with Crippen LogP contribution < -0.4 is 5.56 Å². The fourth-order valence-electron chi connectivity index (χ4n) is 1.06. The molecule has 0 spiro atoms. The molecule has 1 amide bonds. The molecule has 16 heavy (non-hydrogen) atoms. The fourth-order valence-corrected chi connectivity index (χ4v) is 1.06. The first-order valence-electron chi connectivity index (χ1n) is 4.74. The van der Waals surface area contributed by atoms with E-state index in [0.717, 1.165) is 4.68 Å². The smallest absolute Gasteiger partial charge is 0.267 e. The summed E-state index contributed by atoms with van der Waals surface area (Å²) in [5, 5.41) is 3.73. The molecule has 0 aromatic carbocycles. The van der Waals surface area contributed by atoms with E-state index in [-0.39, 0.29) is 30.2 Å². The largest absolute Gasteiger partial charge is 0.348 e. The van der Waals surface area contributed by atoms with Crippen molar-refractivity contribution in [3.8, 4) is 0 Å². The normalized spacial score (nSPS) is 9.88. The van der Waals surface area contributed by atoms with Gasteiger partial charge in [0.25, 0.3) is 5.56 Å². The van der Waals surface area contributed by atoms with E-state index in [1.807, 2.05) is 0 Å². The highest BCUT2D eigenvalue weighted by molar-refractivity contribution is 5.97. The third kappa shape index (κ3) is 3.30. The first-order chi connectivity index (χ1) is 7.50. The van der Waals surface area contributed by atoms with Gasteiger partial charge in [-0.1, -0.05) is 0 Å². The Kier molecular flexibility index (Phi) is 3.93. The number of amides is 1. The SMILES string of the molecule is CN(C)C(=O)CC(=O)Cn1ncccc1=O. The zero-order chi connectivity index (χ0) is 12.1. The van der Waals surface area contributed by atoms with Crippen LogP contribution in [0.25, 0.3) is 0 Å². The molecule has 0 unspecified atom stereocenters. The lowest BCUT2D eigenvalue weighted by atomic mass is 10.2. The van der Waals surface area contributed by atoms with Gasteiger partial charge in [0.05, 0.1) is 6.42 Å². The third-order valence-corrected chi connectivity index (χ3v) is 1.96. The van der Waals surface area contributed by atoms with E-state index in [9.17, 15) is 14.4 Å². The zero-order valence-electron chi connectivity index (χ0n) is 9.21. The summed E-state index contributed by atoms with van der Waals surface area (Å²) in [6, 6.07) is 2.81. The highest BCUT2D eigenvalue weighted by Crippen LogP contribution is 1.91. The van der Waals surface area contributed by atoms with Crippen molar-refractivity contribution in [1.82, 2.24) is 14.7 Å². The van der Waals surface area contributed by atoms with Crippen molar-refractivity contribution < 1.29 is 9.59 Å². The van der Waals surface area contributed by atoms with Crippen molar-refractivity contribution >= 4 is 11.7 Å². The van der Waals surface area contributed by atoms with E-state index in [2.05, 4.69) is 5.10 Å². The summed E-state index contributed by atoms with van der Waals surface area (Å²) in [4.78, 5) is 35.2. The lowest BCUT2D eigenvalue weighted by Crippen LogP contribution is -2.29. The molecule has 0 saturated heterocycles. The summed E-state index contributed by atoms with van der Waals surface area (Å²) in [7, 11) is 3.14. The van der Waals surface area contributed by atoms with Crippen LogP contribution in [0.2, 0.25) is 0 Å². The highest BCUT2D eigenvalue weighted by atomic mass is 16.2. The molecular formula is C10H13N3O3. The molecule has 6 nitrogen and oxygen atoms in total. The summed E-state index contributed by atoms with van der Waals surface area (Å²) in [5.74, 6) is -0.617. The minimum absolute atomic E-state index is 0.167. The Morgan fingerprint density at radius 1 is 1.44 bits per heavy atom. The number of Topliss-reactive ketones (excluding diaryl/α,β-unsaturated/α-hetero) is 1. The van der Waals surface area contributed by atoms with Gasteiger partial charge in [-0.15, -0.1) is 0 Å². The number of hydrogen-bond acceptors (Lipinski definition) is 4. The zero-order valence-corrected chi connectivity index (χ0v) is 9.21. The summed E-state index contributed by atoms with van der Waals surface area (Å²) in [5.41, 5.74) is -0.354. The molecule has 0 atom stereocenters. The molecule has 0 saturated carbocycles. The van der Waals surface area contributed by atoms with Crippen LogP contribution in [-0.2, 0) is 16.1 Å². The van der Waals surface area contributed by atoms with Crippen LogP contribution >= 0.6 is 0 Å². The second kappa shape index (κ2) is 5.20. The summed E-state index contributed by atoms with van der Waals surface area (Å²) >= 11 is 0. The molecule has 0 fully saturated rings. The Morgan fingerprint density at radius 3 is 2.69 bits per heavy atom. The average Bonchev–Trinajstić information content (AvgIpc) is 2.21. The molecule has 86 valence electrons. The average molecular weight is 223 g/mol. The Bertz CT molecular complexity index is 451. The summed E-state index contributed by atoms with van der Waals surface area (Å²) in [6.45, 7) is -0.167. The molecule has 6 heteroatoms. The van der Waals surface area contributed by atoms with E-state index in [4.69, 9.17) is 0 Å². The number of aromatic nitrogens is 2. The molecule has 1 aromatic heterocycles. The lowest BCUT2D eigenvalue weighted by Gasteiger charge is -2.09. The van der Waals surface area contributed by atoms with Gasteiger partial charge in [0.2, 0.25) is 5.91 Å². The maximum absolute atomic E-state index is 11.4. The van der Waals surface area contributed by atoms with Crippen molar-refractivity contribution in [2.24, 2.45) is 0 Å². The highest BCUT2D eigenvalue weighted by Gasteiger charge is 2.12. The van der Waals surface area contributed by atoms with Crippen LogP contribution in [0.1, 0.15) is 6.42 Å². The van der Waals surface area contributed by atoms with Crippen molar-refractivity contribution in [3.63, 3.8) is 0 Å². The van der Waals surface area contributed by atoms with E-state index < -0.39 is 0 Å². The Hall–Kier alpha value is -1.98. The minimum atomic E-state index is -0.354. The maximum atomic E-state index is 11.4. The number of carbonyl (C=O) groups is 2. The van der Waals surface area contributed by atoms with Gasteiger partial charge in [-0.05, 0) is 6.07 Å². The second-order valence-corrected chi connectivity index (χ2v) is 3.52. The van der Waals surface area contributed by atoms with Crippen LogP contribution in [0, 0.1) is 0 Å². The monoisotopic (exact) mass is 223 g/mol. The van der Waals surface area contributed by atoms with Gasteiger partial charge < -0.3 is 4.90 Å². The molecule has 0 aliphatic carbocycles. The standard InChI is InChI=1S/C10H13N3O3/c1-12(2)10(16)6-8(14)7-13-9(15)4-3-5-11-13/h3-5H,6-7H2,1-2H3. The first-order valence-corrected chi connectivity index (χ1v) is 4.74. The predicted octanol–water partition coefficient (Wildman–Crippen LogP) is -0.709. The number of nitrogens with zero attached hydrogens (tertiary/aromatic N) is 3. The third-order valence-electron chi connectivity index (χ3n) is 1.96. The maximum Gasteiger partial charge on any atom is 0.267 e. The number of hydrogen-bond donors (Lipinski definition) is 0. The number of rotatable bonds is 4. The second-order valence-electron chi connectivity index (χ2n) is 3.52. The van der Waals surface area contributed by atoms with E-state index in [1.54, 1.807) is 14.1 Å². The van der Waals surface area contributed by atoms with Crippen LogP contribution in [0.3, 0.4) is 0 Å². The minimum Gasteiger partial charge on any atom is -0.348 e. The lowest BCUT2D eigenvalue weighted by molar-refractivity contribution is -0.133. The van der Waals surface area contributed by atoms with Crippen LogP contribution in [-0.4, -0.2) is 40.5 Å². The van der Waals surface area contributed by atoms with Gasteiger partial charge in [-0.25, -0.2) is 4.68 Å². The van der Waals surface area contributed by atoms with Gasteiger partial charge >= 0.3 is 0 Å². The summed E-state index contributed by atoms with van der Waals surface area (Å²) < 4.78 is 1.03. The number of carbonyl (C=O) groups excluding carboxylic acids is 2. The molecule has 0 aliphatic heterocycles. The first kappa shape index (κ1) is 12.1. The Balaban J connectivity index is 2.63. The van der Waals surface area contributed by atoms with Gasteiger partial charge in [0.1, 0.15) is 6.54 Å². The summed E-state index contributed by atoms with van der Waals surface area (Å²) in [6.07, 6.45) is 1.21. The van der Waals surface area contributed by atoms with Gasteiger partial charge in [-0.3, -0.25) is 14.4 Å². The van der Waals surface area contributed by atoms with E-state index >= 15 is 0 Å². The van der Waals surface area contributed by atoms with Crippen molar-refractivity contribution in [1.29, 1.82) is 0 Å². The van der Waals surface area contributed by atoms with Gasteiger partial charge in [0.15, 0.2) is 5.78 Å². The van der Waals surface area contributed by atoms with E-state index in [0.29, 0.717) is 0 Å². The molecular weight excluding hydrogens is 210 g/mol. The van der Waals surface area contributed by atoms with Crippen LogP contribution in [0.5, 0.6) is 0 Å². The predicted molar refractivity (Wildman–Crippen MR) is 56.8 cm³/mol. The van der Waals surface area contributed by atoms with Crippen molar-refractivity contribution in [2.45, 2.75) is 13.0 Å². The Labute approximate surface area is 92.5 Å². The number of ketones is 1. The van der Waals surface area contributed by atoms with Crippen LogP contribution in [0.4, 0.5) is 0 Å². The van der Waals surface area contributed by atoms with Gasteiger partial charge in [0, 0.05) is 26.4 Å². The van der Waals surface area contributed by atoms with Crippen molar-refractivity contribution in [2.75, 3.05) is 14.1 Å². The molecule has 0 N–H and O–H groups in total. The van der Waals surface area contributed by atoms with Crippen molar-refractivity contribution in [3.05, 3.63) is 28.7 Å². The van der Waals surface area contributed by atoms with E-state index in [1.165, 1.54) is 23.2 Å². The van der Waals surface area contributed by atoms with Crippen LogP contribution in [0.15, 0.2) is 23.1 Å². The Morgan fingerprint density at radius 2 is 2.12 bits per heavy atom. The molecule has 1 rings (SSSR count). The topological polar surface area (TPSA) is 72.3 Å². The molecule has 0 bridgehead atoms. The quantitative estimate of drug-likeness (QED) is 0.632. The molecule has 1 heterocycles. The molecule has 1 aromatic rings. The molecule has 0 radical (unpaired) electrons. The molecule has 0 aliphatic rings. The fraction of sp³-hybridized carbons (Fsp3) is 0.400. The van der Waals surface area contributed by atoms with Gasteiger partial charge in [-0.2, -0.15) is 5.10 Å².